The molecule has 0 aromatic rings. The molecule has 2 amide bonds. The zero-order chi connectivity index (χ0) is 9.59. The SMILES string of the molecule is CC(CCN)N1C(=O)C2CC2C1=O. The Morgan fingerprint density at radius 3 is 2.46 bits per heavy atom. The van der Waals surface area contributed by atoms with Crippen molar-refractivity contribution in [3.05, 3.63) is 0 Å². The second-order valence-electron chi connectivity index (χ2n) is 3.92. The first kappa shape index (κ1) is 8.69. The lowest BCUT2D eigenvalue weighted by molar-refractivity contribution is -0.143. The number of carbonyl (C=O) groups is 2. The number of piperidine rings is 1. The first-order valence-electron chi connectivity index (χ1n) is 4.73. The molecule has 2 rings (SSSR count). The van der Waals surface area contributed by atoms with Crippen molar-refractivity contribution in [2.24, 2.45) is 17.6 Å². The predicted octanol–water partition coefficient (Wildman–Crippen LogP) is -0.271. The fraction of sp³-hybridized carbons (Fsp3) is 0.778. The highest BCUT2D eigenvalue weighted by Gasteiger charge is 2.59. The molecule has 0 bridgehead atoms. The van der Waals surface area contributed by atoms with Crippen molar-refractivity contribution < 1.29 is 9.59 Å². The largest absolute Gasteiger partial charge is 0.330 e. The van der Waals surface area contributed by atoms with Crippen LogP contribution in [0, 0.1) is 11.8 Å². The molecule has 4 nitrogen and oxygen atoms in total. The number of likely N-dealkylation sites (tertiary alicyclic amines) is 1. The van der Waals surface area contributed by atoms with Gasteiger partial charge in [0.2, 0.25) is 11.8 Å². The summed E-state index contributed by atoms with van der Waals surface area (Å²) < 4.78 is 0. The maximum absolute atomic E-state index is 11.5. The topological polar surface area (TPSA) is 63.4 Å². The van der Waals surface area contributed by atoms with E-state index in [1.165, 1.54) is 4.90 Å². The van der Waals surface area contributed by atoms with E-state index in [2.05, 4.69) is 0 Å². The summed E-state index contributed by atoms with van der Waals surface area (Å²) in [4.78, 5) is 24.5. The summed E-state index contributed by atoms with van der Waals surface area (Å²) in [5.74, 6) is 0.0901. The summed E-state index contributed by atoms with van der Waals surface area (Å²) in [7, 11) is 0. The highest BCUT2D eigenvalue weighted by molar-refractivity contribution is 6.09. The Morgan fingerprint density at radius 2 is 2.00 bits per heavy atom. The lowest BCUT2D eigenvalue weighted by atomic mass is 10.2. The third-order valence-electron chi connectivity index (χ3n) is 2.92. The summed E-state index contributed by atoms with van der Waals surface area (Å²) >= 11 is 0. The molecule has 2 N–H and O–H groups in total. The number of hydrogen-bond acceptors (Lipinski definition) is 3. The van der Waals surface area contributed by atoms with Crippen molar-refractivity contribution in [3.63, 3.8) is 0 Å². The maximum atomic E-state index is 11.5. The van der Waals surface area contributed by atoms with Gasteiger partial charge in [-0.15, -0.1) is 0 Å². The molecule has 1 aliphatic carbocycles. The number of nitrogens with two attached hydrogens (primary N) is 1. The van der Waals surface area contributed by atoms with Crippen LogP contribution in [0.25, 0.3) is 0 Å². The normalized spacial score (nSPS) is 33.5. The van der Waals surface area contributed by atoms with Crippen LogP contribution in [-0.4, -0.2) is 29.3 Å². The molecule has 72 valence electrons. The van der Waals surface area contributed by atoms with Crippen molar-refractivity contribution in [1.82, 2.24) is 4.90 Å². The number of fused-ring (bicyclic) bond motifs is 1. The third kappa shape index (κ3) is 1.16. The van der Waals surface area contributed by atoms with Crippen LogP contribution in [0.5, 0.6) is 0 Å². The van der Waals surface area contributed by atoms with Gasteiger partial charge in [-0.3, -0.25) is 14.5 Å². The van der Waals surface area contributed by atoms with Crippen molar-refractivity contribution in [2.45, 2.75) is 25.8 Å². The molecule has 0 aromatic heterocycles. The summed E-state index contributed by atoms with van der Waals surface area (Å²) in [5, 5.41) is 0. The predicted molar refractivity (Wildman–Crippen MR) is 46.6 cm³/mol. The number of amides is 2. The van der Waals surface area contributed by atoms with E-state index in [0.717, 1.165) is 6.42 Å². The zero-order valence-electron chi connectivity index (χ0n) is 7.69. The van der Waals surface area contributed by atoms with Gasteiger partial charge in [0.1, 0.15) is 0 Å². The van der Waals surface area contributed by atoms with E-state index in [1.807, 2.05) is 6.92 Å². The van der Waals surface area contributed by atoms with Crippen molar-refractivity contribution >= 4 is 11.8 Å². The maximum Gasteiger partial charge on any atom is 0.233 e. The molecule has 0 aromatic carbocycles. The number of carbonyl (C=O) groups excluding carboxylic acids is 2. The quantitative estimate of drug-likeness (QED) is 0.611. The average Bonchev–Trinajstić information content (AvgIpc) is 2.78. The second kappa shape index (κ2) is 2.80. The van der Waals surface area contributed by atoms with Gasteiger partial charge in [0.15, 0.2) is 0 Å². The second-order valence-corrected chi connectivity index (χ2v) is 3.92. The van der Waals surface area contributed by atoms with Gasteiger partial charge in [-0.25, -0.2) is 0 Å². The third-order valence-corrected chi connectivity index (χ3v) is 2.92. The summed E-state index contributed by atoms with van der Waals surface area (Å²) in [6.07, 6.45) is 1.49. The minimum Gasteiger partial charge on any atom is -0.330 e. The van der Waals surface area contributed by atoms with Gasteiger partial charge in [0.05, 0.1) is 11.8 Å². The minimum atomic E-state index is -0.0159. The van der Waals surface area contributed by atoms with E-state index in [1.54, 1.807) is 0 Å². The molecule has 1 aliphatic heterocycles. The van der Waals surface area contributed by atoms with E-state index < -0.39 is 0 Å². The number of rotatable bonds is 3. The zero-order valence-corrected chi connectivity index (χ0v) is 7.69. The van der Waals surface area contributed by atoms with Crippen molar-refractivity contribution in [3.8, 4) is 0 Å². The molecule has 13 heavy (non-hydrogen) atoms. The van der Waals surface area contributed by atoms with E-state index in [-0.39, 0.29) is 29.7 Å². The molecule has 2 fully saturated rings. The van der Waals surface area contributed by atoms with Gasteiger partial charge < -0.3 is 5.73 Å². The Morgan fingerprint density at radius 1 is 1.46 bits per heavy atom. The van der Waals surface area contributed by atoms with Gasteiger partial charge in [-0.05, 0) is 26.3 Å². The number of imide groups is 1. The fourth-order valence-corrected chi connectivity index (χ4v) is 2.01. The molecular formula is C9H14N2O2. The van der Waals surface area contributed by atoms with Crippen LogP contribution >= 0.6 is 0 Å². The minimum absolute atomic E-state index is 0.0159. The van der Waals surface area contributed by atoms with Crippen LogP contribution in [0.4, 0.5) is 0 Å². The summed E-state index contributed by atoms with van der Waals surface area (Å²) in [6, 6.07) is -0.0159. The van der Waals surface area contributed by atoms with Gasteiger partial charge in [-0.2, -0.15) is 0 Å². The lowest BCUT2D eigenvalue weighted by Crippen LogP contribution is -2.41. The molecule has 0 spiro atoms. The van der Waals surface area contributed by atoms with Crippen molar-refractivity contribution in [2.75, 3.05) is 6.54 Å². The Balaban J connectivity index is 2.07. The van der Waals surface area contributed by atoms with Gasteiger partial charge in [0.25, 0.3) is 0 Å². The van der Waals surface area contributed by atoms with Gasteiger partial charge >= 0.3 is 0 Å². The van der Waals surface area contributed by atoms with Gasteiger partial charge in [-0.1, -0.05) is 0 Å². The molecule has 1 heterocycles. The number of hydrogen-bond donors (Lipinski definition) is 1. The van der Waals surface area contributed by atoms with E-state index in [9.17, 15) is 9.59 Å². The van der Waals surface area contributed by atoms with Gasteiger partial charge in [0, 0.05) is 6.04 Å². The molecular weight excluding hydrogens is 168 g/mol. The van der Waals surface area contributed by atoms with E-state index in [0.29, 0.717) is 13.0 Å². The van der Waals surface area contributed by atoms with Crippen LogP contribution in [0.2, 0.25) is 0 Å². The molecule has 0 radical (unpaired) electrons. The standard InChI is InChI=1S/C9H14N2O2/c1-5(2-3-10)11-8(12)6-4-7(6)9(11)13/h5-7H,2-4,10H2,1H3. The smallest absolute Gasteiger partial charge is 0.233 e. The first-order valence-corrected chi connectivity index (χ1v) is 4.73. The Hall–Kier alpha value is -0.900. The molecule has 1 saturated heterocycles. The highest BCUT2D eigenvalue weighted by atomic mass is 16.2. The Labute approximate surface area is 77.1 Å². The van der Waals surface area contributed by atoms with E-state index in [4.69, 9.17) is 5.73 Å². The molecule has 1 saturated carbocycles. The fourth-order valence-electron chi connectivity index (χ4n) is 2.01. The summed E-state index contributed by atoms with van der Waals surface area (Å²) in [5.41, 5.74) is 5.38. The van der Waals surface area contributed by atoms with E-state index >= 15 is 0 Å². The van der Waals surface area contributed by atoms with Crippen LogP contribution < -0.4 is 5.73 Å². The Kier molecular flexibility index (Phi) is 1.87. The van der Waals surface area contributed by atoms with Crippen LogP contribution in [0.3, 0.4) is 0 Å². The first-order chi connectivity index (χ1) is 6.16. The van der Waals surface area contributed by atoms with Crippen LogP contribution in [0.15, 0.2) is 0 Å². The molecule has 3 atom stereocenters. The molecule has 3 unspecified atom stereocenters. The Bertz CT molecular complexity index is 244. The number of nitrogens with zero attached hydrogens (tertiary/aromatic N) is 1. The highest BCUT2D eigenvalue weighted by Crippen LogP contribution is 2.47. The van der Waals surface area contributed by atoms with Crippen molar-refractivity contribution in [1.29, 1.82) is 0 Å². The average molecular weight is 182 g/mol. The van der Waals surface area contributed by atoms with Crippen LogP contribution in [0.1, 0.15) is 19.8 Å². The van der Waals surface area contributed by atoms with Crippen LogP contribution in [-0.2, 0) is 9.59 Å². The summed E-state index contributed by atoms with van der Waals surface area (Å²) in [6.45, 7) is 2.40. The lowest BCUT2D eigenvalue weighted by Gasteiger charge is -2.23. The molecule has 4 heteroatoms. The monoisotopic (exact) mass is 182 g/mol. The molecule has 2 aliphatic rings.